The molecule has 0 fully saturated rings. The molecule has 2 rings (SSSR count). The first-order valence-corrected chi connectivity index (χ1v) is 8.80. The first-order valence-electron chi connectivity index (χ1n) is 8.43. The number of halogens is 1. The fraction of sp³-hybridized carbons (Fsp3) is 0.316. The van der Waals surface area contributed by atoms with Crippen LogP contribution in [0.15, 0.2) is 40.6 Å². The molecule has 0 aromatic heterocycles. The number of hydrogen-bond donors (Lipinski definition) is 2. The molecule has 0 aliphatic rings. The number of nitrogens with zero attached hydrogens (tertiary/aromatic N) is 3. The van der Waals surface area contributed by atoms with Crippen molar-refractivity contribution in [3.63, 3.8) is 0 Å². The van der Waals surface area contributed by atoms with Crippen molar-refractivity contribution in [2.24, 2.45) is 10.2 Å². The van der Waals surface area contributed by atoms with E-state index in [-0.39, 0.29) is 40.7 Å². The molecule has 2 aromatic carbocycles. The zero-order valence-electron chi connectivity index (χ0n) is 15.6. The van der Waals surface area contributed by atoms with Gasteiger partial charge in [-0.25, -0.2) is 0 Å². The van der Waals surface area contributed by atoms with Crippen LogP contribution in [0.3, 0.4) is 0 Å². The lowest BCUT2D eigenvalue weighted by Crippen LogP contribution is -2.12. The molecule has 0 unspecified atom stereocenters. The van der Waals surface area contributed by atoms with Gasteiger partial charge < -0.3 is 10.2 Å². The molecule has 9 heteroatoms. The third kappa shape index (κ3) is 5.26. The van der Waals surface area contributed by atoms with Crippen molar-refractivity contribution < 1.29 is 19.9 Å². The minimum Gasteiger partial charge on any atom is -0.505 e. The van der Waals surface area contributed by atoms with Gasteiger partial charge in [0.05, 0.1) is 4.92 Å². The van der Waals surface area contributed by atoms with Gasteiger partial charge in [0.25, 0.3) is 5.69 Å². The van der Waals surface area contributed by atoms with E-state index >= 15 is 0 Å². The summed E-state index contributed by atoms with van der Waals surface area (Å²) in [4.78, 5) is 21.4. The van der Waals surface area contributed by atoms with Crippen LogP contribution in [0.4, 0.5) is 17.1 Å². The third-order valence-corrected chi connectivity index (χ3v) is 4.22. The summed E-state index contributed by atoms with van der Waals surface area (Å²) in [5.41, 5.74) is 0.581. The van der Waals surface area contributed by atoms with Crippen molar-refractivity contribution in [2.45, 2.75) is 39.0 Å². The third-order valence-electron chi connectivity index (χ3n) is 3.98. The first kappa shape index (κ1) is 21.3. The Kier molecular flexibility index (Phi) is 6.35. The average Bonchev–Trinajstić information content (AvgIpc) is 2.58. The summed E-state index contributed by atoms with van der Waals surface area (Å²) >= 11 is 5.89. The normalized spacial score (nSPS) is 11.7. The Morgan fingerprint density at radius 2 is 1.82 bits per heavy atom. The van der Waals surface area contributed by atoms with Crippen molar-refractivity contribution >= 4 is 34.6 Å². The Hall–Kier alpha value is -3.00. The molecule has 2 N–H and O–H groups in total. The number of carboxylic acids is 1. The minimum absolute atomic E-state index is 0.0508. The van der Waals surface area contributed by atoms with Gasteiger partial charge in [0.2, 0.25) is 0 Å². The van der Waals surface area contributed by atoms with Crippen molar-refractivity contribution in [1.29, 1.82) is 0 Å². The largest absolute Gasteiger partial charge is 0.505 e. The maximum Gasteiger partial charge on any atom is 0.303 e. The predicted molar refractivity (Wildman–Crippen MR) is 105 cm³/mol. The SMILES string of the molecule is CC(C)(C)c1cc(CCC(=O)O)cc(/N=N/c2cc(Cl)ccc2[N+](=O)[O-])c1O. The number of azo groups is 1. The van der Waals surface area contributed by atoms with Crippen LogP contribution >= 0.6 is 11.6 Å². The molecule has 148 valence electrons. The minimum atomic E-state index is -0.942. The lowest BCUT2D eigenvalue weighted by atomic mass is 9.84. The summed E-state index contributed by atoms with van der Waals surface area (Å²) in [6.45, 7) is 5.68. The molecule has 0 bridgehead atoms. The molecule has 0 aliphatic carbocycles. The second kappa shape index (κ2) is 8.35. The van der Waals surface area contributed by atoms with E-state index in [1.165, 1.54) is 24.3 Å². The lowest BCUT2D eigenvalue weighted by molar-refractivity contribution is -0.384. The van der Waals surface area contributed by atoms with E-state index in [1.54, 1.807) is 6.07 Å². The number of aromatic hydroxyl groups is 1. The van der Waals surface area contributed by atoms with E-state index < -0.39 is 16.3 Å². The van der Waals surface area contributed by atoms with E-state index in [2.05, 4.69) is 10.2 Å². The van der Waals surface area contributed by atoms with E-state index in [9.17, 15) is 20.0 Å². The van der Waals surface area contributed by atoms with E-state index in [1.807, 2.05) is 20.8 Å². The van der Waals surface area contributed by atoms with Gasteiger partial charge in [-0.05, 0) is 35.6 Å². The molecule has 0 spiro atoms. The molecular formula is C19H20ClN3O5. The first-order chi connectivity index (χ1) is 13.0. The molecule has 0 heterocycles. The highest BCUT2D eigenvalue weighted by molar-refractivity contribution is 6.30. The summed E-state index contributed by atoms with van der Waals surface area (Å²) in [6.07, 6.45) is 0.170. The summed E-state index contributed by atoms with van der Waals surface area (Å²) in [5.74, 6) is -1.05. The summed E-state index contributed by atoms with van der Waals surface area (Å²) in [7, 11) is 0. The van der Waals surface area contributed by atoms with Crippen molar-refractivity contribution in [3.8, 4) is 5.75 Å². The number of carboxylic acid groups (broad SMARTS) is 1. The lowest BCUT2D eigenvalue weighted by Gasteiger charge is -2.22. The molecule has 28 heavy (non-hydrogen) atoms. The Bertz CT molecular complexity index is 951. The number of aliphatic carboxylic acids is 1. The van der Waals surface area contributed by atoms with Gasteiger partial charge in [-0.2, -0.15) is 0 Å². The number of phenolic OH excluding ortho intramolecular Hbond substituents is 1. The highest BCUT2D eigenvalue weighted by Gasteiger charge is 2.22. The van der Waals surface area contributed by atoms with Crippen LogP contribution in [0.1, 0.15) is 38.3 Å². The number of hydrogen-bond acceptors (Lipinski definition) is 6. The van der Waals surface area contributed by atoms with Gasteiger partial charge in [0, 0.05) is 23.1 Å². The van der Waals surface area contributed by atoms with Crippen LogP contribution in [-0.4, -0.2) is 21.1 Å². The standard InChI is InChI=1S/C19H20ClN3O5/c1-19(2,3)13-8-11(4-7-17(24)25)9-15(18(13)26)22-21-14-10-12(20)5-6-16(14)23(27)28/h5-6,8-10,26H,4,7H2,1-3H3,(H,24,25)/b22-21+. The van der Waals surface area contributed by atoms with Gasteiger partial charge in [0.1, 0.15) is 11.4 Å². The zero-order chi connectivity index (χ0) is 21.1. The molecule has 8 nitrogen and oxygen atoms in total. The Morgan fingerprint density at radius 1 is 1.18 bits per heavy atom. The van der Waals surface area contributed by atoms with Gasteiger partial charge in [-0.15, -0.1) is 10.2 Å². The number of phenols is 1. The second-order valence-electron chi connectivity index (χ2n) is 7.24. The Morgan fingerprint density at radius 3 is 2.39 bits per heavy atom. The van der Waals surface area contributed by atoms with Crippen LogP contribution < -0.4 is 0 Å². The molecular weight excluding hydrogens is 386 g/mol. The van der Waals surface area contributed by atoms with E-state index in [4.69, 9.17) is 16.7 Å². The number of nitro benzene ring substituents is 1. The number of aryl methyl sites for hydroxylation is 1. The molecule has 0 atom stereocenters. The molecule has 2 aromatic rings. The summed E-state index contributed by atoms with van der Waals surface area (Å²) in [6, 6.07) is 7.16. The number of nitro groups is 1. The molecule has 0 saturated heterocycles. The molecule has 0 aliphatic heterocycles. The van der Waals surface area contributed by atoms with Crippen molar-refractivity contribution in [1.82, 2.24) is 0 Å². The smallest absolute Gasteiger partial charge is 0.303 e. The van der Waals surface area contributed by atoms with E-state index in [0.717, 1.165) is 0 Å². The summed E-state index contributed by atoms with van der Waals surface area (Å²) < 4.78 is 0. The number of carbonyl (C=O) groups is 1. The maximum absolute atomic E-state index is 11.2. The number of benzene rings is 2. The van der Waals surface area contributed by atoms with E-state index in [0.29, 0.717) is 11.1 Å². The van der Waals surface area contributed by atoms with Crippen LogP contribution in [0.2, 0.25) is 5.02 Å². The van der Waals surface area contributed by atoms with Crippen LogP contribution in [0.5, 0.6) is 5.75 Å². The quantitative estimate of drug-likeness (QED) is 0.363. The van der Waals surface area contributed by atoms with Crippen molar-refractivity contribution in [3.05, 3.63) is 56.6 Å². The fourth-order valence-corrected chi connectivity index (χ4v) is 2.73. The van der Waals surface area contributed by atoms with Crippen LogP contribution in [-0.2, 0) is 16.6 Å². The predicted octanol–water partition coefficient (Wildman–Crippen LogP) is 5.68. The van der Waals surface area contributed by atoms with Gasteiger partial charge in [0.15, 0.2) is 5.69 Å². The second-order valence-corrected chi connectivity index (χ2v) is 7.68. The zero-order valence-corrected chi connectivity index (χ0v) is 16.4. The number of rotatable bonds is 6. The van der Waals surface area contributed by atoms with Gasteiger partial charge in [-0.1, -0.05) is 38.4 Å². The Balaban J connectivity index is 2.54. The van der Waals surface area contributed by atoms with Gasteiger partial charge >= 0.3 is 5.97 Å². The monoisotopic (exact) mass is 405 g/mol. The van der Waals surface area contributed by atoms with Crippen LogP contribution in [0.25, 0.3) is 0 Å². The Labute approximate surface area is 166 Å². The molecule has 0 saturated carbocycles. The highest BCUT2D eigenvalue weighted by Crippen LogP contribution is 2.40. The van der Waals surface area contributed by atoms with Gasteiger partial charge in [-0.3, -0.25) is 14.9 Å². The topological polar surface area (TPSA) is 125 Å². The summed E-state index contributed by atoms with van der Waals surface area (Å²) in [5, 5.41) is 38.8. The fourth-order valence-electron chi connectivity index (χ4n) is 2.56. The average molecular weight is 406 g/mol. The molecule has 0 radical (unpaired) electrons. The van der Waals surface area contributed by atoms with Crippen molar-refractivity contribution in [2.75, 3.05) is 0 Å². The maximum atomic E-state index is 11.2. The molecule has 0 amide bonds. The van der Waals surface area contributed by atoms with Crippen LogP contribution in [0, 0.1) is 10.1 Å². The highest BCUT2D eigenvalue weighted by atomic mass is 35.5.